The number of rotatable bonds is 2. The summed E-state index contributed by atoms with van der Waals surface area (Å²) in [5, 5.41) is 0. The van der Waals surface area contributed by atoms with Crippen LogP contribution in [0.4, 0.5) is 4.79 Å². The minimum Gasteiger partial charge on any atom is -0.444 e. The van der Waals surface area contributed by atoms with E-state index in [-0.39, 0.29) is 12.2 Å². The predicted molar refractivity (Wildman–Crippen MR) is 74.8 cm³/mol. The fourth-order valence-electron chi connectivity index (χ4n) is 2.65. The van der Waals surface area contributed by atoms with Gasteiger partial charge in [-0.3, -0.25) is 4.90 Å². The molecule has 0 saturated carbocycles. The van der Waals surface area contributed by atoms with Crippen molar-refractivity contribution in [3.63, 3.8) is 0 Å². The van der Waals surface area contributed by atoms with Crippen molar-refractivity contribution < 1.29 is 19.0 Å². The van der Waals surface area contributed by atoms with Crippen molar-refractivity contribution in [2.45, 2.75) is 38.5 Å². The Hall–Kier alpha value is -0.850. The van der Waals surface area contributed by atoms with Gasteiger partial charge in [0.05, 0.1) is 25.4 Å². The van der Waals surface area contributed by atoms with Gasteiger partial charge in [0.2, 0.25) is 0 Å². The molecule has 0 aliphatic carbocycles. The normalized spacial score (nSPS) is 28.7. The zero-order valence-corrected chi connectivity index (χ0v) is 12.9. The molecule has 2 atom stereocenters. The molecule has 0 aromatic rings. The van der Waals surface area contributed by atoms with Crippen molar-refractivity contribution in [1.29, 1.82) is 0 Å². The Morgan fingerprint density at radius 1 is 1.15 bits per heavy atom. The number of ether oxygens (including phenoxy) is 3. The summed E-state index contributed by atoms with van der Waals surface area (Å²) in [5.41, 5.74) is -0.436. The lowest BCUT2D eigenvalue weighted by atomic mass is 10.1. The predicted octanol–water partition coefficient (Wildman–Crippen LogP) is 0.953. The van der Waals surface area contributed by atoms with Gasteiger partial charge >= 0.3 is 6.09 Å². The summed E-state index contributed by atoms with van der Waals surface area (Å²) in [6, 6.07) is 0.306. The molecule has 2 heterocycles. The molecule has 2 rings (SSSR count). The van der Waals surface area contributed by atoms with E-state index in [2.05, 4.69) is 4.90 Å². The Morgan fingerprint density at radius 3 is 2.35 bits per heavy atom. The molecule has 0 spiro atoms. The first-order valence-corrected chi connectivity index (χ1v) is 7.23. The van der Waals surface area contributed by atoms with E-state index in [9.17, 15) is 4.79 Å². The van der Waals surface area contributed by atoms with Crippen LogP contribution in [-0.2, 0) is 14.2 Å². The molecular weight excluding hydrogens is 260 g/mol. The van der Waals surface area contributed by atoms with Gasteiger partial charge in [-0.1, -0.05) is 0 Å². The lowest BCUT2D eigenvalue weighted by Crippen LogP contribution is -2.55. The molecule has 2 fully saturated rings. The van der Waals surface area contributed by atoms with Gasteiger partial charge in [0.1, 0.15) is 5.60 Å². The van der Waals surface area contributed by atoms with Gasteiger partial charge < -0.3 is 19.1 Å². The van der Waals surface area contributed by atoms with Crippen LogP contribution in [0.25, 0.3) is 0 Å². The van der Waals surface area contributed by atoms with E-state index in [1.54, 1.807) is 12.0 Å². The number of hydrogen-bond donors (Lipinski definition) is 0. The van der Waals surface area contributed by atoms with E-state index in [1.807, 2.05) is 20.8 Å². The van der Waals surface area contributed by atoms with Crippen molar-refractivity contribution in [3.05, 3.63) is 0 Å². The van der Waals surface area contributed by atoms with Crippen molar-refractivity contribution in [2.24, 2.45) is 0 Å². The standard InChI is InChI=1S/C14H26N2O4/c1-14(2,3)20-13(17)16-7-5-15(6-8-16)11-9-19-10-12(11)18-4/h11-12H,5-10H2,1-4H3/t11-,12+/m0/s1. The molecule has 0 unspecified atom stereocenters. The summed E-state index contributed by atoms with van der Waals surface area (Å²) < 4.78 is 16.3. The SMILES string of the molecule is CO[C@@H]1COC[C@@H]1N1CCN(C(=O)OC(C)(C)C)CC1. The highest BCUT2D eigenvalue weighted by atomic mass is 16.6. The van der Waals surface area contributed by atoms with E-state index < -0.39 is 5.60 Å². The number of piperazine rings is 1. The maximum absolute atomic E-state index is 12.0. The second-order valence-corrected chi connectivity index (χ2v) is 6.38. The monoisotopic (exact) mass is 286 g/mol. The van der Waals surface area contributed by atoms with E-state index >= 15 is 0 Å². The Labute approximate surface area is 120 Å². The van der Waals surface area contributed by atoms with Crippen LogP contribution >= 0.6 is 0 Å². The number of hydrogen-bond acceptors (Lipinski definition) is 5. The van der Waals surface area contributed by atoms with Gasteiger partial charge in [-0.05, 0) is 20.8 Å². The van der Waals surface area contributed by atoms with Crippen LogP contribution in [0.2, 0.25) is 0 Å². The first-order chi connectivity index (χ1) is 9.40. The van der Waals surface area contributed by atoms with E-state index in [1.165, 1.54) is 0 Å². The van der Waals surface area contributed by atoms with E-state index in [4.69, 9.17) is 14.2 Å². The number of methoxy groups -OCH3 is 1. The maximum atomic E-state index is 12.0. The minimum atomic E-state index is -0.436. The van der Waals surface area contributed by atoms with Crippen LogP contribution in [0.15, 0.2) is 0 Å². The molecule has 0 N–H and O–H groups in total. The Kier molecular flexibility index (Phi) is 4.88. The molecule has 0 radical (unpaired) electrons. The quantitative estimate of drug-likeness (QED) is 0.756. The summed E-state index contributed by atoms with van der Waals surface area (Å²) in [6.45, 7) is 10.1. The Balaban J connectivity index is 1.82. The third-order valence-corrected chi connectivity index (χ3v) is 3.74. The molecule has 20 heavy (non-hydrogen) atoms. The first kappa shape index (κ1) is 15.5. The molecule has 6 nitrogen and oxygen atoms in total. The molecule has 6 heteroatoms. The molecule has 2 saturated heterocycles. The van der Waals surface area contributed by atoms with Crippen molar-refractivity contribution in [2.75, 3.05) is 46.5 Å². The van der Waals surface area contributed by atoms with Crippen LogP contribution in [0.1, 0.15) is 20.8 Å². The second-order valence-electron chi connectivity index (χ2n) is 6.38. The lowest BCUT2D eigenvalue weighted by Gasteiger charge is -2.39. The minimum absolute atomic E-state index is 0.142. The lowest BCUT2D eigenvalue weighted by molar-refractivity contribution is -0.00310. The zero-order chi connectivity index (χ0) is 14.8. The number of nitrogens with zero attached hydrogens (tertiary/aromatic N) is 2. The highest BCUT2D eigenvalue weighted by molar-refractivity contribution is 5.68. The molecule has 0 aromatic heterocycles. The third-order valence-electron chi connectivity index (χ3n) is 3.74. The van der Waals surface area contributed by atoms with Crippen molar-refractivity contribution >= 4 is 6.09 Å². The number of carbonyl (C=O) groups is 1. The van der Waals surface area contributed by atoms with Crippen molar-refractivity contribution in [3.8, 4) is 0 Å². The molecule has 0 bridgehead atoms. The summed E-state index contributed by atoms with van der Waals surface area (Å²) in [4.78, 5) is 16.1. The highest BCUT2D eigenvalue weighted by Crippen LogP contribution is 2.19. The van der Waals surface area contributed by atoms with Gasteiger partial charge in [0.25, 0.3) is 0 Å². The van der Waals surface area contributed by atoms with Gasteiger partial charge in [0, 0.05) is 33.3 Å². The van der Waals surface area contributed by atoms with Crippen LogP contribution in [0.5, 0.6) is 0 Å². The summed E-state index contributed by atoms with van der Waals surface area (Å²) >= 11 is 0. The maximum Gasteiger partial charge on any atom is 0.410 e. The van der Waals surface area contributed by atoms with Gasteiger partial charge in [-0.25, -0.2) is 4.79 Å². The van der Waals surface area contributed by atoms with Crippen LogP contribution in [-0.4, -0.2) is 80.1 Å². The van der Waals surface area contributed by atoms with Gasteiger partial charge in [-0.15, -0.1) is 0 Å². The van der Waals surface area contributed by atoms with Crippen LogP contribution in [0, 0.1) is 0 Å². The first-order valence-electron chi connectivity index (χ1n) is 7.23. The number of amides is 1. The average molecular weight is 286 g/mol. The molecule has 116 valence electrons. The topological polar surface area (TPSA) is 51.2 Å². The van der Waals surface area contributed by atoms with Gasteiger partial charge in [-0.2, -0.15) is 0 Å². The zero-order valence-electron chi connectivity index (χ0n) is 12.9. The summed E-state index contributed by atoms with van der Waals surface area (Å²) in [7, 11) is 1.73. The largest absolute Gasteiger partial charge is 0.444 e. The van der Waals surface area contributed by atoms with Crippen LogP contribution in [0.3, 0.4) is 0 Å². The molecule has 0 aromatic carbocycles. The molecular formula is C14H26N2O4. The molecule has 1 amide bonds. The Bertz CT molecular complexity index is 335. The third kappa shape index (κ3) is 3.84. The van der Waals surface area contributed by atoms with Gasteiger partial charge in [0.15, 0.2) is 0 Å². The van der Waals surface area contributed by atoms with E-state index in [0.29, 0.717) is 32.3 Å². The fraction of sp³-hybridized carbons (Fsp3) is 0.929. The average Bonchev–Trinajstić information content (AvgIpc) is 2.85. The van der Waals surface area contributed by atoms with E-state index in [0.717, 1.165) is 13.1 Å². The fourth-order valence-corrected chi connectivity index (χ4v) is 2.65. The molecule has 2 aliphatic rings. The Morgan fingerprint density at radius 2 is 1.80 bits per heavy atom. The number of carbonyl (C=O) groups excluding carboxylic acids is 1. The molecule has 2 aliphatic heterocycles. The highest BCUT2D eigenvalue weighted by Gasteiger charge is 2.36. The smallest absolute Gasteiger partial charge is 0.410 e. The summed E-state index contributed by atoms with van der Waals surface area (Å²) in [5.74, 6) is 0. The van der Waals surface area contributed by atoms with Crippen LogP contribution < -0.4 is 0 Å². The van der Waals surface area contributed by atoms with Crippen molar-refractivity contribution in [1.82, 2.24) is 9.80 Å². The second kappa shape index (κ2) is 6.28. The summed E-state index contributed by atoms with van der Waals surface area (Å²) in [6.07, 6.45) is -0.0776.